The van der Waals surface area contributed by atoms with E-state index in [-0.39, 0.29) is 29.5 Å². The van der Waals surface area contributed by atoms with Crippen LogP contribution in [0.5, 0.6) is 0 Å². The summed E-state index contributed by atoms with van der Waals surface area (Å²) in [5, 5.41) is 21.0. The quantitative estimate of drug-likeness (QED) is 0.378. The second-order valence-electron chi connectivity index (χ2n) is 10.1. The Labute approximate surface area is 171 Å². The molecule has 3 rings (SSSR count). The Morgan fingerprint density at radius 2 is 2.00 bits per heavy atom. The van der Waals surface area contributed by atoms with Crippen LogP contribution in [0.2, 0.25) is 0 Å². The average Bonchev–Trinajstić information content (AvgIpc) is 2.69. The summed E-state index contributed by atoms with van der Waals surface area (Å²) in [6, 6.07) is 0. The highest BCUT2D eigenvalue weighted by atomic mass is 16.5. The number of hydrogen-bond acceptors (Lipinski definition) is 3. The van der Waals surface area contributed by atoms with E-state index in [0.29, 0.717) is 17.6 Å². The molecule has 3 unspecified atom stereocenters. The molecule has 158 valence electrons. The molecular weight excluding hydrogens is 348 g/mol. The molecule has 5 atom stereocenters. The number of fused-ring (bicyclic) bond motifs is 2. The van der Waals surface area contributed by atoms with Gasteiger partial charge < -0.3 is 14.9 Å². The highest BCUT2D eigenvalue weighted by Crippen LogP contribution is 2.65. The molecule has 3 aliphatic rings. The maximum absolute atomic E-state index is 11.2. The molecule has 0 saturated heterocycles. The van der Waals surface area contributed by atoms with E-state index in [4.69, 9.17) is 4.74 Å². The van der Waals surface area contributed by atoms with Gasteiger partial charge in [-0.1, -0.05) is 65.5 Å². The summed E-state index contributed by atoms with van der Waals surface area (Å²) in [6.07, 6.45) is 14.7. The summed E-state index contributed by atoms with van der Waals surface area (Å²) in [6.45, 7) is 9.24. The number of rotatable bonds is 9. The molecule has 2 bridgehead atoms. The summed E-state index contributed by atoms with van der Waals surface area (Å²) >= 11 is 0. The lowest BCUT2D eigenvalue weighted by molar-refractivity contribution is -0.116. The first-order valence-electron chi connectivity index (χ1n) is 11.2. The van der Waals surface area contributed by atoms with Crippen molar-refractivity contribution >= 4 is 0 Å². The van der Waals surface area contributed by atoms with E-state index in [2.05, 4.69) is 39.8 Å². The van der Waals surface area contributed by atoms with E-state index in [1.807, 2.05) is 6.08 Å². The van der Waals surface area contributed by atoms with Gasteiger partial charge in [-0.05, 0) is 59.2 Å². The smallest absolute Gasteiger partial charge is 0.0991 e. The van der Waals surface area contributed by atoms with Crippen molar-refractivity contribution in [2.24, 2.45) is 28.6 Å². The van der Waals surface area contributed by atoms with E-state index >= 15 is 0 Å². The van der Waals surface area contributed by atoms with Crippen molar-refractivity contribution in [2.45, 2.75) is 78.7 Å². The summed E-state index contributed by atoms with van der Waals surface area (Å²) in [7, 11) is 1.76. The van der Waals surface area contributed by atoms with Crippen LogP contribution < -0.4 is 0 Å². The summed E-state index contributed by atoms with van der Waals surface area (Å²) in [5.41, 5.74) is 2.35. The van der Waals surface area contributed by atoms with Gasteiger partial charge in [-0.3, -0.25) is 0 Å². The van der Waals surface area contributed by atoms with Gasteiger partial charge in [0.1, 0.15) is 0 Å². The van der Waals surface area contributed by atoms with E-state index in [9.17, 15) is 10.2 Å². The van der Waals surface area contributed by atoms with Crippen LogP contribution in [0.4, 0.5) is 0 Å². The van der Waals surface area contributed by atoms with Crippen molar-refractivity contribution in [1.82, 2.24) is 0 Å². The van der Waals surface area contributed by atoms with Crippen LogP contribution >= 0.6 is 0 Å². The zero-order chi connectivity index (χ0) is 20.5. The first kappa shape index (κ1) is 21.6. The Balaban J connectivity index is 1.81. The van der Waals surface area contributed by atoms with E-state index in [1.165, 1.54) is 31.3 Å². The van der Waals surface area contributed by atoms with Crippen LogP contribution in [0.3, 0.4) is 0 Å². The minimum absolute atomic E-state index is 0.0314. The number of ether oxygens (including phenoxy) is 1. The van der Waals surface area contributed by atoms with Crippen molar-refractivity contribution in [3.8, 4) is 0 Å². The number of aliphatic hydroxyl groups is 2. The number of unbranched alkanes of at least 4 members (excludes halogenated alkanes) is 3. The van der Waals surface area contributed by atoms with Crippen LogP contribution in [0.25, 0.3) is 0 Å². The molecule has 28 heavy (non-hydrogen) atoms. The lowest BCUT2D eigenvalue weighted by Crippen LogP contribution is -2.58. The number of hydrogen-bond donors (Lipinski definition) is 2. The van der Waals surface area contributed by atoms with Crippen molar-refractivity contribution in [1.29, 1.82) is 0 Å². The molecule has 0 aromatic heterocycles. The minimum atomic E-state index is -0.108. The van der Waals surface area contributed by atoms with Gasteiger partial charge in [-0.25, -0.2) is 0 Å². The van der Waals surface area contributed by atoms with E-state index in [1.54, 1.807) is 7.11 Å². The number of allylic oxidation sites excluding steroid dienone is 3. The van der Waals surface area contributed by atoms with Gasteiger partial charge in [0.05, 0.1) is 24.4 Å². The summed E-state index contributed by atoms with van der Waals surface area (Å²) in [5.74, 6) is 1.35. The van der Waals surface area contributed by atoms with Gasteiger partial charge in [-0.2, -0.15) is 0 Å². The van der Waals surface area contributed by atoms with E-state index < -0.39 is 0 Å². The third-order valence-corrected chi connectivity index (χ3v) is 8.12. The monoisotopic (exact) mass is 388 g/mol. The molecule has 3 nitrogen and oxygen atoms in total. The standard InChI is InChI=1S/C25H40O3/c1-6-7-8-9-12-24(2,3)19-14-21(27)23(22(15-19)28-5)25(4)18-11-10-17(16-26)20(25)13-18/h10,14-15,18,20,22-23,26-27H,6-9,11-13,16H2,1-5H3/t18?,20-,22?,23?,25+/m1/s1. The van der Waals surface area contributed by atoms with Crippen molar-refractivity contribution in [3.63, 3.8) is 0 Å². The minimum Gasteiger partial charge on any atom is -0.512 e. The Bertz CT molecular complexity index is 657. The molecule has 3 aliphatic carbocycles. The normalized spacial score (nSPS) is 35.0. The third kappa shape index (κ3) is 3.61. The number of methoxy groups -OCH3 is 1. The molecule has 0 spiro atoms. The fraction of sp³-hybridized carbons (Fsp3) is 0.760. The van der Waals surface area contributed by atoms with Gasteiger partial charge in [0, 0.05) is 7.11 Å². The zero-order valence-electron chi connectivity index (χ0n) is 18.5. The molecule has 0 heterocycles. The molecule has 2 N–H and O–H groups in total. The second kappa shape index (κ2) is 8.36. The predicted octanol–water partition coefficient (Wildman–Crippen LogP) is 5.96. The van der Waals surface area contributed by atoms with E-state index in [0.717, 1.165) is 24.8 Å². The molecule has 0 radical (unpaired) electrons. The molecule has 0 amide bonds. The zero-order valence-corrected chi connectivity index (χ0v) is 18.5. The first-order chi connectivity index (χ1) is 13.3. The average molecular weight is 389 g/mol. The van der Waals surface area contributed by atoms with Crippen LogP contribution in [0, 0.1) is 28.6 Å². The summed E-state index contributed by atoms with van der Waals surface area (Å²) < 4.78 is 5.94. The van der Waals surface area contributed by atoms with Gasteiger partial charge >= 0.3 is 0 Å². The summed E-state index contributed by atoms with van der Waals surface area (Å²) in [4.78, 5) is 0. The maximum atomic E-state index is 11.2. The first-order valence-corrected chi connectivity index (χ1v) is 11.2. The molecular formula is C25H40O3. The molecule has 0 aromatic carbocycles. The SMILES string of the molecule is CCCCCCC(C)(C)C1=CC(OC)C([C@@]2(C)C3CC=C(CO)[C@H]2C3)C(O)=C1. The Morgan fingerprint density at radius 3 is 2.61 bits per heavy atom. The topological polar surface area (TPSA) is 49.7 Å². The molecule has 0 aliphatic heterocycles. The van der Waals surface area contributed by atoms with Crippen molar-refractivity contribution in [2.75, 3.05) is 13.7 Å². The van der Waals surface area contributed by atoms with Gasteiger partial charge in [-0.15, -0.1) is 0 Å². The third-order valence-electron chi connectivity index (χ3n) is 8.12. The van der Waals surface area contributed by atoms with Crippen LogP contribution in [-0.4, -0.2) is 30.0 Å². The fourth-order valence-electron chi connectivity index (χ4n) is 6.07. The highest BCUT2D eigenvalue weighted by Gasteiger charge is 2.61. The van der Waals surface area contributed by atoms with Crippen LogP contribution in [0.15, 0.2) is 35.1 Å². The van der Waals surface area contributed by atoms with Gasteiger partial charge in [0.2, 0.25) is 0 Å². The van der Waals surface area contributed by atoms with Crippen LogP contribution in [0.1, 0.15) is 72.6 Å². The Hall–Kier alpha value is -1.06. The Morgan fingerprint density at radius 1 is 1.25 bits per heavy atom. The largest absolute Gasteiger partial charge is 0.512 e. The fourth-order valence-corrected chi connectivity index (χ4v) is 6.07. The molecule has 3 heteroatoms. The maximum Gasteiger partial charge on any atom is 0.0991 e. The van der Waals surface area contributed by atoms with Gasteiger partial charge in [0.25, 0.3) is 0 Å². The predicted molar refractivity (Wildman–Crippen MR) is 115 cm³/mol. The Kier molecular flexibility index (Phi) is 6.46. The molecule has 1 saturated carbocycles. The lowest BCUT2D eigenvalue weighted by atomic mass is 9.42. The van der Waals surface area contributed by atoms with Gasteiger partial charge in [0.15, 0.2) is 0 Å². The van der Waals surface area contributed by atoms with Crippen molar-refractivity contribution < 1.29 is 14.9 Å². The molecule has 0 aromatic rings. The van der Waals surface area contributed by atoms with Crippen molar-refractivity contribution in [3.05, 3.63) is 35.1 Å². The second-order valence-corrected chi connectivity index (χ2v) is 10.1. The van der Waals surface area contributed by atoms with Crippen LogP contribution in [-0.2, 0) is 4.74 Å². The highest BCUT2D eigenvalue weighted by molar-refractivity contribution is 5.38. The molecule has 1 fully saturated rings. The lowest BCUT2D eigenvalue weighted by Gasteiger charge is -2.62. The number of aliphatic hydroxyl groups excluding tert-OH is 2.